The van der Waals surface area contributed by atoms with E-state index in [9.17, 15) is 18.0 Å². The molecule has 0 aliphatic heterocycles. The summed E-state index contributed by atoms with van der Waals surface area (Å²) in [5.74, 6) is -0.272. The normalized spacial score (nSPS) is 11.9. The number of ether oxygens (including phenoxy) is 1. The highest BCUT2D eigenvalue weighted by atomic mass is 35.5. The van der Waals surface area contributed by atoms with Crippen LogP contribution in [0.25, 0.3) is 0 Å². The molecule has 0 saturated heterocycles. The maximum Gasteiger partial charge on any atom is 0.264 e. The number of hydrogen-bond donors (Lipinski definition) is 1. The minimum atomic E-state index is -4.16. The Bertz CT molecular complexity index is 1400. The predicted molar refractivity (Wildman–Crippen MR) is 153 cm³/mol. The van der Waals surface area contributed by atoms with Crippen LogP contribution in [0.4, 0.5) is 5.69 Å². The molecule has 0 unspecified atom stereocenters. The standard InChI is InChI=1S/C29H34ClN3O5S/c1-5-17-31-29(35)22(3)32(19-23-11-9-12-24(18-23)38-4)28(34)20-33(27-16-10-15-26(30)21(27)2)39(36,37)25-13-7-6-8-14-25/h6-16,18,22H,5,17,19-20H2,1-4H3,(H,31,35)/t22-/m1/s1. The van der Waals surface area contributed by atoms with Crippen molar-refractivity contribution in [3.8, 4) is 5.75 Å². The van der Waals surface area contributed by atoms with Gasteiger partial charge in [0.25, 0.3) is 10.0 Å². The molecule has 39 heavy (non-hydrogen) atoms. The monoisotopic (exact) mass is 571 g/mol. The van der Waals surface area contributed by atoms with Crippen LogP contribution < -0.4 is 14.4 Å². The van der Waals surface area contributed by atoms with Crippen LogP contribution in [0, 0.1) is 6.92 Å². The molecular formula is C29H34ClN3O5S. The lowest BCUT2D eigenvalue weighted by molar-refractivity contribution is -0.139. The fraction of sp³-hybridized carbons (Fsp3) is 0.310. The van der Waals surface area contributed by atoms with E-state index < -0.39 is 28.5 Å². The Hall–Kier alpha value is -3.56. The van der Waals surface area contributed by atoms with Gasteiger partial charge in [-0.1, -0.05) is 54.9 Å². The summed E-state index contributed by atoms with van der Waals surface area (Å²) in [7, 11) is -2.61. The maximum atomic E-state index is 14.0. The van der Waals surface area contributed by atoms with Crippen LogP contribution in [0.2, 0.25) is 5.02 Å². The van der Waals surface area contributed by atoms with Crippen LogP contribution >= 0.6 is 11.6 Å². The van der Waals surface area contributed by atoms with E-state index in [1.54, 1.807) is 75.6 Å². The second kappa shape index (κ2) is 13.5. The van der Waals surface area contributed by atoms with E-state index in [0.29, 0.717) is 22.9 Å². The number of carbonyl (C=O) groups is 2. The van der Waals surface area contributed by atoms with Crippen LogP contribution in [0.15, 0.2) is 77.7 Å². The maximum absolute atomic E-state index is 14.0. The van der Waals surface area contributed by atoms with E-state index in [4.69, 9.17) is 16.3 Å². The SMILES string of the molecule is CCCNC(=O)[C@@H](C)N(Cc1cccc(OC)c1)C(=O)CN(c1cccc(Cl)c1C)S(=O)(=O)c1ccccc1. The number of benzene rings is 3. The number of sulfonamides is 1. The Labute approximate surface area is 235 Å². The molecule has 3 rings (SSSR count). The molecule has 0 spiro atoms. The lowest BCUT2D eigenvalue weighted by Crippen LogP contribution is -2.51. The van der Waals surface area contributed by atoms with Gasteiger partial charge in [-0.3, -0.25) is 13.9 Å². The second-order valence-corrected chi connectivity index (χ2v) is 11.3. The van der Waals surface area contributed by atoms with E-state index in [0.717, 1.165) is 16.3 Å². The van der Waals surface area contributed by atoms with E-state index in [2.05, 4.69) is 5.32 Å². The Morgan fingerprint density at radius 3 is 2.38 bits per heavy atom. The molecule has 0 radical (unpaired) electrons. The molecule has 208 valence electrons. The quantitative estimate of drug-likeness (QED) is 0.337. The summed E-state index contributed by atoms with van der Waals surface area (Å²) in [6, 6.07) is 19.1. The van der Waals surface area contributed by atoms with Crippen molar-refractivity contribution in [1.82, 2.24) is 10.2 Å². The molecule has 3 aromatic rings. The Balaban J connectivity index is 2.06. The van der Waals surface area contributed by atoms with Gasteiger partial charge in [-0.2, -0.15) is 0 Å². The molecule has 0 heterocycles. The Morgan fingerprint density at radius 2 is 1.72 bits per heavy atom. The van der Waals surface area contributed by atoms with E-state index in [1.807, 2.05) is 13.0 Å². The third-order valence-electron chi connectivity index (χ3n) is 6.32. The average molecular weight is 572 g/mol. The van der Waals surface area contributed by atoms with Crippen molar-refractivity contribution in [2.75, 3.05) is 24.5 Å². The van der Waals surface area contributed by atoms with Gasteiger partial charge in [-0.05, 0) is 67.8 Å². The van der Waals surface area contributed by atoms with Gasteiger partial charge < -0.3 is 15.0 Å². The van der Waals surface area contributed by atoms with Gasteiger partial charge in [0, 0.05) is 18.1 Å². The molecule has 0 fully saturated rings. The molecule has 1 N–H and O–H groups in total. The molecular weight excluding hydrogens is 538 g/mol. The average Bonchev–Trinajstić information content (AvgIpc) is 2.95. The van der Waals surface area contributed by atoms with Gasteiger partial charge >= 0.3 is 0 Å². The molecule has 10 heteroatoms. The summed E-state index contributed by atoms with van der Waals surface area (Å²) in [5.41, 5.74) is 1.53. The molecule has 8 nitrogen and oxygen atoms in total. The number of amides is 2. The van der Waals surface area contributed by atoms with E-state index in [1.165, 1.54) is 17.0 Å². The smallest absolute Gasteiger partial charge is 0.264 e. The summed E-state index contributed by atoms with van der Waals surface area (Å²) >= 11 is 6.35. The molecule has 0 aliphatic rings. The van der Waals surface area contributed by atoms with E-state index >= 15 is 0 Å². The molecule has 0 bridgehead atoms. The van der Waals surface area contributed by atoms with Gasteiger partial charge in [0.1, 0.15) is 18.3 Å². The van der Waals surface area contributed by atoms with Gasteiger partial charge in [-0.25, -0.2) is 8.42 Å². The minimum absolute atomic E-state index is 0.0326. The van der Waals surface area contributed by atoms with Crippen molar-refractivity contribution in [2.45, 2.75) is 44.7 Å². The Morgan fingerprint density at radius 1 is 1.03 bits per heavy atom. The first-order chi connectivity index (χ1) is 18.6. The number of rotatable bonds is 12. The van der Waals surface area contributed by atoms with Crippen LogP contribution in [0.3, 0.4) is 0 Å². The van der Waals surface area contributed by atoms with Crippen molar-refractivity contribution in [1.29, 1.82) is 0 Å². The summed E-state index contributed by atoms with van der Waals surface area (Å²) < 4.78 is 34.1. The van der Waals surface area contributed by atoms with E-state index in [-0.39, 0.29) is 23.0 Å². The van der Waals surface area contributed by atoms with Crippen LogP contribution in [-0.4, -0.2) is 51.4 Å². The van der Waals surface area contributed by atoms with Crippen molar-refractivity contribution < 1.29 is 22.7 Å². The number of anilines is 1. The first kappa shape index (κ1) is 30.0. The molecule has 0 saturated carbocycles. The zero-order chi connectivity index (χ0) is 28.6. The molecule has 2 amide bonds. The fourth-order valence-electron chi connectivity index (χ4n) is 4.05. The summed E-state index contributed by atoms with van der Waals surface area (Å²) in [6.07, 6.45) is 0.736. The number of carbonyl (C=O) groups excluding carboxylic acids is 2. The topological polar surface area (TPSA) is 96.0 Å². The number of nitrogens with one attached hydrogen (secondary N) is 1. The summed E-state index contributed by atoms with van der Waals surface area (Å²) in [4.78, 5) is 28.3. The number of methoxy groups -OCH3 is 1. The van der Waals surface area contributed by atoms with Crippen molar-refractivity contribution in [3.05, 3.63) is 88.9 Å². The number of halogens is 1. The molecule has 3 aromatic carbocycles. The highest BCUT2D eigenvalue weighted by molar-refractivity contribution is 7.92. The van der Waals surface area contributed by atoms with Gasteiger partial charge in [-0.15, -0.1) is 0 Å². The zero-order valence-corrected chi connectivity index (χ0v) is 24.1. The zero-order valence-electron chi connectivity index (χ0n) is 22.6. The lowest BCUT2D eigenvalue weighted by Gasteiger charge is -2.32. The highest BCUT2D eigenvalue weighted by Crippen LogP contribution is 2.31. The molecule has 0 aromatic heterocycles. The largest absolute Gasteiger partial charge is 0.497 e. The van der Waals surface area contributed by atoms with Gasteiger partial charge in [0.15, 0.2) is 0 Å². The molecule has 0 aliphatic carbocycles. The van der Waals surface area contributed by atoms with Crippen LogP contribution in [-0.2, 0) is 26.2 Å². The predicted octanol–water partition coefficient (Wildman–Crippen LogP) is 4.80. The second-order valence-electron chi connectivity index (χ2n) is 9.05. The Kier molecular flexibility index (Phi) is 10.4. The summed E-state index contributed by atoms with van der Waals surface area (Å²) in [6.45, 7) is 5.26. The van der Waals surface area contributed by atoms with Crippen molar-refractivity contribution in [2.24, 2.45) is 0 Å². The first-order valence-corrected chi connectivity index (χ1v) is 14.4. The number of hydrogen-bond acceptors (Lipinski definition) is 5. The van der Waals surface area contributed by atoms with Crippen molar-refractivity contribution >= 4 is 39.1 Å². The first-order valence-electron chi connectivity index (χ1n) is 12.6. The van der Waals surface area contributed by atoms with Gasteiger partial charge in [0.05, 0.1) is 17.7 Å². The summed E-state index contributed by atoms with van der Waals surface area (Å²) in [5, 5.41) is 3.20. The van der Waals surface area contributed by atoms with Crippen LogP contribution in [0.5, 0.6) is 5.75 Å². The number of nitrogens with zero attached hydrogens (tertiary/aromatic N) is 2. The minimum Gasteiger partial charge on any atom is -0.497 e. The molecule has 1 atom stereocenters. The van der Waals surface area contributed by atoms with Crippen molar-refractivity contribution in [3.63, 3.8) is 0 Å². The van der Waals surface area contributed by atoms with Gasteiger partial charge in [0.2, 0.25) is 11.8 Å². The van der Waals surface area contributed by atoms with Crippen LogP contribution in [0.1, 0.15) is 31.4 Å². The fourth-order valence-corrected chi connectivity index (χ4v) is 5.71. The highest BCUT2D eigenvalue weighted by Gasteiger charge is 2.33. The third-order valence-corrected chi connectivity index (χ3v) is 8.50. The lowest BCUT2D eigenvalue weighted by atomic mass is 10.1. The third kappa shape index (κ3) is 7.30.